The Morgan fingerprint density at radius 1 is 1.39 bits per heavy atom. The van der Waals surface area contributed by atoms with Crippen molar-refractivity contribution < 1.29 is 15.0 Å². The lowest BCUT2D eigenvalue weighted by molar-refractivity contribution is 0.0693. The molecule has 0 fully saturated rings. The van der Waals surface area contributed by atoms with Gasteiger partial charge in [-0.3, -0.25) is 0 Å². The fourth-order valence-electron chi connectivity index (χ4n) is 1.18. The number of carbonyl (C=O) groups is 1. The number of carboxylic acid groups (broad SMARTS) is 1. The van der Waals surface area contributed by atoms with E-state index in [9.17, 15) is 9.90 Å². The molecule has 0 spiro atoms. The molecule has 0 unspecified atom stereocenters. The molecule has 2 aromatic rings. The van der Waals surface area contributed by atoms with E-state index in [1.807, 2.05) is 0 Å². The smallest absolute Gasteiger partial charge is 0.339 e. The highest BCUT2D eigenvalue weighted by molar-refractivity contribution is 5.91. The maximum Gasteiger partial charge on any atom is 0.339 e. The average molecular weight is 249 g/mol. The fraction of sp³-hybridized carbons (Fsp3) is 0.250. The minimum atomic E-state index is -1.19. The Morgan fingerprint density at radius 2 is 2.06 bits per heavy atom. The Hall–Kier alpha value is -2.37. The summed E-state index contributed by atoms with van der Waals surface area (Å²) in [6, 6.07) is 4.18. The number of aromatic hydroxyl groups is 1. The maximum atomic E-state index is 10.7. The molecule has 0 amide bonds. The molecule has 2 N–H and O–H groups in total. The summed E-state index contributed by atoms with van der Waals surface area (Å²) < 4.78 is 1.41. The first-order valence-electron chi connectivity index (χ1n) is 5.53. The molecular weight excluding hydrogens is 234 g/mol. The summed E-state index contributed by atoms with van der Waals surface area (Å²) in [5, 5.41) is 25.4. The van der Waals surface area contributed by atoms with Crippen LogP contribution in [0.5, 0.6) is 5.75 Å². The zero-order chi connectivity index (χ0) is 13.5. The Kier molecular flexibility index (Phi) is 4.86. The fourth-order valence-corrected chi connectivity index (χ4v) is 1.18. The molecule has 6 nitrogen and oxygen atoms in total. The van der Waals surface area contributed by atoms with Gasteiger partial charge in [-0.2, -0.15) is 0 Å². The number of nitrogens with zero attached hydrogens (tertiary/aromatic N) is 3. The SMILES string of the molecule is CCC.O=C(O)c1cc(-n2ccnn2)ccc1O. The number of hydrogen-bond donors (Lipinski definition) is 2. The highest BCUT2D eigenvalue weighted by Crippen LogP contribution is 2.19. The van der Waals surface area contributed by atoms with E-state index in [1.165, 1.54) is 29.4 Å². The molecule has 0 aliphatic rings. The number of aromatic nitrogens is 3. The van der Waals surface area contributed by atoms with Crippen LogP contribution in [0, 0.1) is 0 Å². The number of aromatic carboxylic acids is 1. The van der Waals surface area contributed by atoms with Crippen LogP contribution in [-0.4, -0.2) is 31.2 Å². The van der Waals surface area contributed by atoms with Crippen LogP contribution in [-0.2, 0) is 0 Å². The van der Waals surface area contributed by atoms with Gasteiger partial charge in [0, 0.05) is 0 Å². The van der Waals surface area contributed by atoms with Gasteiger partial charge in [-0.05, 0) is 18.2 Å². The normalized spacial score (nSPS) is 9.44. The Labute approximate surface area is 104 Å². The van der Waals surface area contributed by atoms with Crippen LogP contribution in [0.25, 0.3) is 5.69 Å². The largest absolute Gasteiger partial charge is 0.507 e. The number of benzene rings is 1. The molecule has 96 valence electrons. The van der Waals surface area contributed by atoms with E-state index in [-0.39, 0.29) is 11.3 Å². The van der Waals surface area contributed by atoms with E-state index in [0.717, 1.165) is 0 Å². The zero-order valence-corrected chi connectivity index (χ0v) is 10.2. The van der Waals surface area contributed by atoms with E-state index in [0.29, 0.717) is 5.69 Å². The highest BCUT2D eigenvalue weighted by atomic mass is 16.4. The predicted molar refractivity (Wildman–Crippen MR) is 65.9 cm³/mol. The minimum Gasteiger partial charge on any atom is -0.507 e. The molecule has 0 saturated carbocycles. The molecule has 1 heterocycles. The van der Waals surface area contributed by atoms with Gasteiger partial charge in [0.1, 0.15) is 11.3 Å². The van der Waals surface area contributed by atoms with Crippen molar-refractivity contribution in [3.05, 3.63) is 36.2 Å². The van der Waals surface area contributed by atoms with Crippen LogP contribution in [0.3, 0.4) is 0 Å². The number of carboxylic acids is 1. The van der Waals surface area contributed by atoms with E-state index in [2.05, 4.69) is 24.2 Å². The van der Waals surface area contributed by atoms with Gasteiger partial charge in [0.25, 0.3) is 0 Å². The van der Waals surface area contributed by atoms with Gasteiger partial charge < -0.3 is 10.2 Å². The van der Waals surface area contributed by atoms with Gasteiger partial charge in [-0.25, -0.2) is 9.48 Å². The van der Waals surface area contributed by atoms with Crippen molar-refractivity contribution in [2.24, 2.45) is 0 Å². The summed E-state index contributed by atoms with van der Waals surface area (Å²) in [6.07, 6.45) is 4.31. The quantitative estimate of drug-likeness (QED) is 0.850. The number of phenols is 1. The Bertz CT molecular complexity index is 509. The van der Waals surface area contributed by atoms with Gasteiger partial charge >= 0.3 is 5.97 Å². The van der Waals surface area contributed by atoms with Crippen molar-refractivity contribution in [2.45, 2.75) is 20.3 Å². The molecular formula is C12H15N3O3. The van der Waals surface area contributed by atoms with Gasteiger partial charge in [0.05, 0.1) is 18.1 Å². The summed E-state index contributed by atoms with van der Waals surface area (Å²) in [4.78, 5) is 10.7. The van der Waals surface area contributed by atoms with Crippen LogP contribution < -0.4 is 0 Å². The Morgan fingerprint density at radius 3 is 2.56 bits per heavy atom. The summed E-state index contributed by atoms with van der Waals surface area (Å²) in [5.74, 6) is -1.46. The zero-order valence-electron chi connectivity index (χ0n) is 10.2. The average Bonchev–Trinajstić information content (AvgIpc) is 2.84. The highest BCUT2D eigenvalue weighted by Gasteiger charge is 2.10. The third kappa shape index (κ3) is 3.31. The summed E-state index contributed by atoms with van der Waals surface area (Å²) >= 11 is 0. The molecule has 0 radical (unpaired) electrons. The second-order valence-corrected chi connectivity index (χ2v) is 3.56. The van der Waals surface area contributed by atoms with E-state index < -0.39 is 5.97 Å². The summed E-state index contributed by atoms with van der Waals surface area (Å²) in [6.45, 7) is 4.25. The van der Waals surface area contributed by atoms with Crippen molar-refractivity contribution in [2.75, 3.05) is 0 Å². The lowest BCUT2D eigenvalue weighted by atomic mass is 10.2. The van der Waals surface area contributed by atoms with Gasteiger partial charge in [0.15, 0.2) is 0 Å². The summed E-state index contributed by atoms with van der Waals surface area (Å²) in [5.41, 5.74) is 0.366. The first kappa shape index (κ1) is 13.7. The van der Waals surface area contributed by atoms with E-state index in [4.69, 9.17) is 5.11 Å². The van der Waals surface area contributed by atoms with Crippen LogP contribution in [0.2, 0.25) is 0 Å². The van der Waals surface area contributed by atoms with Crippen LogP contribution in [0.4, 0.5) is 0 Å². The molecule has 0 aliphatic heterocycles. The van der Waals surface area contributed by atoms with Crippen molar-refractivity contribution in [3.63, 3.8) is 0 Å². The van der Waals surface area contributed by atoms with Crippen LogP contribution in [0.1, 0.15) is 30.6 Å². The molecule has 0 saturated heterocycles. The minimum absolute atomic E-state index is 0.164. The molecule has 0 atom stereocenters. The first-order valence-corrected chi connectivity index (χ1v) is 5.53. The topological polar surface area (TPSA) is 88.2 Å². The molecule has 18 heavy (non-hydrogen) atoms. The van der Waals surface area contributed by atoms with Crippen molar-refractivity contribution in [1.82, 2.24) is 15.0 Å². The molecule has 0 aliphatic carbocycles. The van der Waals surface area contributed by atoms with Crippen molar-refractivity contribution in [3.8, 4) is 11.4 Å². The predicted octanol–water partition coefficient (Wildman–Crippen LogP) is 2.09. The van der Waals surface area contributed by atoms with Gasteiger partial charge in [-0.15, -0.1) is 5.10 Å². The van der Waals surface area contributed by atoms with Crippen LogP contribution in [0.15, 0.2) is 30.6 Å². The Balaban J connectivity index is 0.000000492. The number of rotatable bonds is 2. The van der Waals surface area contributed by atoms with E-state index in [1.54, 1.807) is 12.3 Å². The second-order valence-electron chi connectivity index (χ2n) is 3.56. The third-order valence-electron chi connectivity index (χ3n) is 1.90. The first-order chi connectivity index (χ1) is 8.60. The maximum absolute atomic E-state index is 10.7. The molecule has 6 heteroatoms. The molecule has 1 aromatic heterocycles. The molecule has 2 rings (SSSR count). The number of hydrogen-bond acceptors (Lipinski definition) is 4. The molecule has 0 bridgehead atoms. The third-order valence-corrected chi connectivity index (χ3v) is 1.90. The van der Waals surface area contributed by atoms with Gasteiger partial charge in [-0.1, -0.05) is 25.5 Å². The second kappa shape index (κ2) is 6.39. The van der Waals surface area contributed by atoms with Crippen molar-refractivity contribution >= 4 is 5.97 Å². The van der Waals surface area contributed by atoms with Crippen LogP contribution >= 0.6 is 0 Å². The molecule has 1 aromatic carbocycles. The monoisotopic (exact) mass is 249 g/mol. The van der Waals surface area contributed by atoms with Crippen molar-refractivity contribution in [1.29, 1.82) is 0 Å². The lowest BCUT2D eigenvalue weighted by Gasteiger charge is -2.03. The standard InChI is InChI=1S/C9H7N3O3.C3H8/c13-8-2-1-6(5-7(8)9(14)15)12-4-3-10-11-12;1-3-2/h1-5,13H,(H,14,15);3H2,1-2H3. The summed E-state index contributed by atoms with van der Waals surface area (Å²) in [7, 11) is 0. The van der Waals surface area contributed by atoms with E-state index >= 15 is 0 Å². The van der Waals surface area contributed by atoms with Gasteiger partial charge in [0.2, 0.25) is 0 Å². The lowest BCUT2D eigenvalue weighted by Crippen LogP contribution is -2.01.